The second-order valence-electron chi connectivity index (χ2n) is 5.85. The van der Waals surface area contributed by atoms with Crippen LogP contribution in [0.4, 0.5) is 16.2 Å². The third kappa shape index (κ3) is 5.20. The van der Waals surface area contributed by atoms with E-state index in [2.05, 4.69) is 5.32 Å². The minimum Gasteiger partial charge on any atom is -0.486 e. The van der Waals surface area contributed by atoms with Crippen molar-refractivity contribution in [2.24, 2.45) is 0 Å². The number of nitro groups is 1. The van der Waals surface area contributed by atoms with Crippen LogP contribution >= 0.6 is 0 Å². The summed E-state index contributed by atoms with van der Waals surface area (Å²) >= 11 is 0. The molecule has 2 aromatic carbocycles. The number of hydrogen-bond donors (Lipinski definition) is 1. The summed E-state index contributed by atoms with van der Waals surface area (Å²) in [5.41, 5.74) is 2.44. The molecular formula is C18H21N3O4. The highest BCUT2D eigenvalue weighted by molar-refractivity contribution is 5.89. The Morgan fingerprint density at radius 2 is 1.88 bits per heavy atom. The molecule has 0 aliphatic carbocycles. The van der Waals surface area contributed by atoms with Crippen LogP contribution in [0.25, 0.3) is 0 Å². The Bertz CT molecular complexity index is 757. The molecule has 2 amide bonds. The first-order valence-corrected chi connectivity index (χ1v) is 7.82. The Labute approximate surface area is 146 Å². The predicted octanol–water partition coefficient (Wildman–Crippen LogP) is 3.62. The standard InChI is InChI=1S/C18H21N3O4/c1-13-4-6-14(7-5-13)10-11-25-17-9-8-15(12-16(17)21(23)24)19-18(22)20(2)3/h4-9,12H,10-11H2,1-3H3,(H,19,22). The van der Waals surface area contributed by atoms with E-state index in [0.717, 1.165) is 5.56 Å². The molecule has 0 spiro atoms. The fourth-order valence-corrected chi connectivity index (χ4v) is 2.13. The van der Waals surface area contributed by atoms with Gasteiger partial charge in [0, 0.05) is 32.3 Å². The summed E-state index contributed by atoms with van der Waals surface area (Å²) in [5, 5.41) is 13.8. The molecule has 0 heterocycles. The Kier molecular flexibility index (Phi) is 5.94. The Morgan fingerprint density at radius 1 is 1.20 bits per heavy atom. The molecular weight excluding hydrogens is 322 g/mol. The first-order chi connectivity index (χ1) is 11.9. The second-order valence-corrected chi connectivity index (χ2v) is 5.85. The highest BCUT2D eigenvalue weighted by Crippen LogP contribution is 2.30. The van der Waals surface area contributed by atoms with Crippen LogP contribution < -0.4 is 10.1 Å². The van der Waals surface area contributed by atoms with E-state index in [1.54, 1.807) is 20.2 Å². The van der Waals surface area contributed by atoms with Gasteiger partial charge in [-0.05, 0) is 24.6 Å². The summed E-state index contributed by atoms with van der Waals surface area (Å²) in [4.78, 5) is 23.7. The van der Waals surface area contributed by atoms with E-state index >= 15 is 0 Å². The number of nitro benzene ring substituents is 1. The molecule has 0 bridgehead atoms. The first-order valence-electron chi connectivity index (χ1n) is 7.82. The lowest BCUT2D eigenvalue weighted by molar-refractivity contribution is -0.385. The summed E-state index contributed by atoms with van der Waals surface area (Å²) in [5.74, 6) is 0.181. The number of anilines is 1. The normalized spacial score (nSPS) is 10.2. The van der Waals surface area contributed by atoms with Gasteiger partial charge in [-0.15, -0.1) is 0 Å². The van der Waals surface area contributed by atoms with Crippen molar-refractivity contribution in [3.05, 3.63) is 63.7 Å². The fraction of sp³-hybridized carbons (Fsp3) is 0.278. The van der Waals surface area contributed by atoms with Crippen molar-refractivity contribution in [2.75, 3.05) is 26.0 Å². The Balaban J connectivity index is 2.05. The van der Waals surface area contributed by atoms with Crippen molar-refractivity contribution in [1.82, 2.24) is 4.90 Å². The van der Waals surface area contributed by atoms with Gasteiger partial charge in [-0.1, -0.05) is 29.8 Å². The van der Waals surface area contributed by atoms with Crippen LogP contribution in [0.1, 0.15) is 11.1 Å². The largest absolute Gasteiger partial charge is 0.486 e. The van der Waals surface area contributed by atoms with Crippen molar-refractivity contribution in [3.8, 4) is 5.75 Å². The van der Waals surface area contributed by atoms with Gasteiger partial charge in [0.1, 0.15) is 0 Å². The van der Waals surface area contributed by atoms with E-state index in [0.29, 0.717) is 18.7 Å². The van der Waals surface area contributed by atoms with Gasteiger partial charge < -0.3 is 15.0 Å². The quantitative estimate of drug-likeness (QED) is 0.641. The molecule has 1 N–H and O–H groups in total. The van der Waals surface area contributed by atoms with E-state index < -0.39 is 4.92 Å². The number of urea groups is 1. The van der Waals surface area contributed by atoms with Crippen LogP contribution in [-0.2, 0) is 6.42 Å². The van der Waals surface area contributed by atoms with Gasteiger partial charge in [-0.25, -0.2) is 4.79 Å². The van der Waals surface area contributed by atoms with Crippen molar-refractivity contribution < 1.29 is 14.5 Å². The maximum Gasteiger partial charge on any atom is 0.321 e. The molecule has 2 rings (SSSR count). The SMILES string of the molecule is Cc1ccc(CCOc2ccc(NC(=O)N(C)C)cc2[N+](=O)[O-])cc1. The Morgan fingerprint density at radius 3 is 2.48 bits per heavy atom. The molecule has 132 valence electrons. The lowest BCUT2D eigenvalue weighted by atomic mass is 10.1. The molecule has 0 aliphatic heterocycles. The maximum absolute atomic E-state index is 11.6. The highest BCUT2D eigenvalue weighted by atomic mass is 16.6. The molecule has 0 atom stereocenters. The molecule has 0 aliphatic rings. The molecule has 0 saturated carbocycles. The lowest BCUT2D eigenvalue weighted by Gasteiger charge is -2.13. The van der Waals surface area contributed by atoms with Crippen molar-refractivity contribution in [1.29, 1.82) is 0 Å². The van der Waals surface area contributed by atoms with Gasteiger partial charge in [-0.3, -0.25) is 10.1 Å². The van der Waals surface area contributed by atoms with Crippen LogP contribution in [-0.4, -0.2) is 36.6 Å². The second kappa shape index (κ2) is 8.14. The van der Waals surface area contributed by atoms with Crippen LogP contribution in [0.15, 0.2) is 42.5 Å². The minimum atomic E-state index is -0.521. The highest BCUT2D eigenvalue weighted by Gasteiger charge is 2.17. The molecule has 7 heteroatoms. The average molecular weight is 343 g/mol. The minimum absolute atomic E-state index is 0.180. The van der Waals surface area contributed by atoms with Crippen molar-refractivity contribution in [2.45, 2.75) is 13.3 Å². The lowest BCUT2D eigenvalue weighted by Crippen LogP contribution is -2.27. The number of nitrogens with zero attached hydrogens (tertiary/aromatic N) is 2. The third-order valence-electron chi connectivity index (χ3n) is 3.58. The molecule has 0 unspecified atom stereocenters. The van der Waals surface area contributed by atoms with E-state index in [1.807, 2.05) is 31.2 Å². The summed E-state index contributed by atoms with van der Waals surface area (Å²) in [6.07, 6.45) is 0.649. The smallest absolute Gasteiger partial charge is 0.321 e. The van der Waals surface area contributed by atoms with Crippen LogP contribution in [0, 0.1) is 17.0 Å². The molecule has 0 fully saturated rings. The summed E-state index contributed by atoms with van der Waals surface area (Å²) < 4.78 is 5.58. The average Bonchev–Trinajstić information content (AvgIpc) is 2.57. The molecule has 7 nitrogen and oxygen atoms in total. The van der Waals surface area contributed by atoms with Crippen LogP contribution in [0.5, 0.6) is 5.75 Å². The fourth-order valence-electron chi connectivity index (χ4n) is 2.13. The number of aryl methyl sites for hydroxylation is 1. The number of carbonyl (C=O) groups excluding carboxylic acids is 1. The zero-order valence-electron chi connectivity index (χ0n) is 14.5. The summed E-state index contributed by atoms with van der Waals surface area (Å²) in [6.45, 7) is 2.34. The number of ether oxygens (including phenoxy) is 1. The van der Waals surface area contributed by atoms with E-state index in [1.165, 1.54) is 22.6 Å². The van der Waals surface area contributed by atoms with Gasteiger partial charge in [-0.2, -0.15) is 0 Å². The Hall–Kier alpha value is -3.09. The molecule has 0 radical (unpaired) electrons. The number of carbonyl (C=O) groups is 1. The third-order valence-corrected chi connectivity index (χ3v) is 3.58. The zero-order valence-corrected chi connectivity index (χ0v) is 14.5. The van der Waals surface area contributed by atoms with Gasteiger partial charge in [0.2, 0.25) is 0 Å². The van der Waals surface area contributed by atoms with Gasteiger partial charge in [0.15, 0.2) is 5.75 Å². The van der Waals surface area contributed by atoms with Crippen molar-refractivity contribution >= 4 is 17.4 Å². The number of hydrogen-bond acceptors (Lipinski definition) is 4. The molecule has 0 saturated heterocycles. The van der Waals surface area contributed by atoms with Crippen molar-refractivity contribution in [3.63, 3.8) is 0 Å². The topological polar surface area (TPSA) is 84.7 Å². The molecule has 25 heavy (non-hydrogen) atoms. The first kappa shape index (κ1) is 18.3. The van der Waals surface area contributed by atoms with Gasteiger partial charge in [0.05, 0.1) is 11.5 Å². The van der Waals surface area contributed by atoms with E-state index in [-0.39, 0.29) is 17.5 Å². The van der Waals surface area contributed by atoms with Crippen LogP contribution in [0.2, 0.25) is 0 Å². The number of benzene rings is 2. The molecule has 2 aromatic rings. The molecule has 0 aromatic heterocycles. The number of rotatable bonds is 6. The number of amides is 2. The number of nitrogens with one attached hydrogen (secondary N) is 1. The summed E-state index contributed by atoms with van der Waals surface area (Å²) in [6, 6.07) is 12.1. The maximum atomic E-state index is 11.6. The summed E-state index contributed by atoms with van der Waals surface area (Å²) in [7, 11) is 3.18. The monoisotopic (exact) mass is 343 g/mol. The zero-order chi connectivity index (χ0) is 18.4. The van der Waals surface area contributed by atoms with Gasteiger partial charge >= 0.3 is 11.7 Å². The predicted molar refractivity (Wildman–Crippen MR) is 96.2 cm³/mol. The van der Waals surface area contributed by atoms with E-state index in [4.69, 9.17) is 4.74 Å². The van der Waals surface area contributed by atoms with Gasteiger partial charge in [0.25, 0.3) is 0 Å². The van der Waals surface area contributed by atoms with E-state index in [9.17, 15) is 14.9 Å². The van der Waals surface area contributed by atoms with Crippen LogP contribution in [0.3, 0.4) is 0 Å².